The van der Waals surface area contributed by atoms with E-state index in [1.54, 1.807) is 16.4 Å². The third kappa shape index (κ3) is 4.30. The number of hydrogen-bond acceptors (Lipinski definition) is 3. The van der Waals surface area contributed by atoms with Gasteiger partial charge in [-0.1, -0.05) is 54.8 Å². The molecule has 6 heteroatoms. The predicted molar refractivity (Wildman–Crippen MR) is 118 cm³/mol. The van der Waals surface area contributed by atoms with Gasteiger partial charge in [-0.25, -0.2) is 8.42 Å². The minimum Gasteiger partial charge on any atom is -0.343 e. The van der Waals surface area contributed by atoms with Gasteiger partial charge in [0.1, 0.15) is 0 Å². The molecule has 2 aromatic carbocycles. The molecule has 160 valence electrons. The smallest absolute Gasteiger partial charge is 0.243 e. The first-order valence-corrected chi connectivity index (χ1v) is 12.3. The van der Waals surface area contributed by atoms with Gasteiger partial charge in [0.25, 0.3) is 0 Å². The maximum atomic E-state index is 13.5. The van der Waals surface area contributed by atoms with Crippen molar-refractivity contribution in [1.29, 1.82) is 0 Å². The lowest BCUT2D eigenvalue weighted by Gasteiger charge is -2.37. The maximum Gasteiger partial charge on any atom is 0.243 e. The van der Waals surface area contributed by atoms with Crippen LogP contribution in [0.2, 0.25) is 0 Å². The summed E-state index contributed by atoms with van der Waals surface area (Å²) in [6.07, 6.45) is 5.22. The SMILES string of the molecule is Cc1ccc(S(=O)(=O)N2CCc3ccccc3[C@@H]2CC(=O)N2CCCCCC2)cc1. The molecule has 2 aliphatic heterocycles. The van der Waals surface area contributed by atoms with Crippen LogP contribution in [-0.2, 0) is 21.2 Å². The largest absolute Gasteiger partial charge is 0.343 e. The molecule has 2 aliphatic rings. The maximum absolute atomic E-state index is 13.5. The average Bonchev–Trinajstić information content (AvgIpc) is 3.04. The van der Waals surface area contributed by atoms with Gasteiger partial charge in [0.05, 0.1) is 10.9 Å². The Hall–Kier alpha value is -2.18. The van der Waals surface area contributed by atoms with Gasteiger partial charge in [0, 0.05) is 26.1 Å². The fourth-order valence-corrected chi connectivity index (χ4v) is 6.19. The molecule has 0 unspecified atom stereocenters. The van der Waals surface area contributed by atoms with Crippen molar-refractivity contribution in [3.05, 3.63) is 65.2 Å². The van der Waals surface area contributed by atoms with Gasteiger partial charge in [0.15, 0.2) is 0 Å². The molecule has 2 aromatic rings. The Bertz CT molecular complexity index is 993. The van der Waals surface area contributed by atoms with Crippen LogP contribution in [0.5, 0.6) is 0 Å². The summed E-state index contributed by atoms with van der Waals surface area (Å²) < 4.78 is 28.6. The van der Waals surface area contributed by atoms with E-state index in [0.717, 1.165) is 55.5 Å². The van der Waals surface area contributed by atoms with Crippen molar-refractivity contribution < 1.29 is 13.2 Å². The molecule has 0 saturated carbocycles. The van der Waals surface area contributed by atoms with Gasteiger partial charge >= 0.3 is 0 Å². The molecule has 1 amide bonds. The Morgan fingerprint density at radius 2 is 1.60 bits per heavy atom. The third-order valence-electron chi connectivity index (χ3n) is 6.32. The molecular formula is C24H30N2O3S. The number of amides is 1. The van der Waals surface area contributed by atoms with Crippen molar-refractivity contribution in [1.82, 2.24) is 9.21 Å². The number of carbonyl (C=O) groups is 1. The number of carbonyl (C=O) groups excluding carboxylic acids is 1. The van der Waals surface area contributed by atoms with Gasteiger partial charge in [-0.15, -0.1) is 0 Å². The molecule has 1 saturated heterocycles. The van der Waals surface area contributed by atoms with Crippen LogP contribution in [0.1, 0.15) is 54.8 Å². The summed E-state index contributed by atoms with van der Waals surface area (Å²) in [4.78, 5) is 15.4. The van der Waals surface area contributed by atoms with E-state index in [9.17, 15) is 13.2 Å². The van der Waals surface area contributed by atoms with Crippen LogP contribution in [0.3, 0.4) is 0 Å². The Morgan fingerprint density at radius 3 is 2.30 bits per heavy atom. The van der Waals surface area contributed by atoms with E-state index in [1.807, 2.05) is 42.2 Å². The number of hydrogen-bond donors (Lipinski definition) is 0. The lowest BCUT2D eigenvalue weighted by Crippen LogP contribution is -2.43. The lowest BCUT2D eigenvalue weighted by atomic mass is 9.92. The highest BCUT2D eigenvalue weighted by Crippen LogP contribution is 2.37. The molecule has 2 heterocycles. The number of rotatable bonds is 4. The zero-order chi connectivity index (χ0) is 21.1. The number of nitrogens with zero attached hydrogens (tertiary/aromatic N) is 2. The molecule has 0 aliphatic carbocycles. The summed E-state index contributed by atoms with van der Waals surface area (Å²) in [5, 5.41) is 0. The number of aryl methyl sites for hydroxylation is 1. The summed E-state index contributed by atoms with van der Waals surface area (Å²) in [5.74, 6) is 0.0581. The predicted octanol–water partition coefficient (Wildman–Crippen LogP) is 4.08. The fourth-order valence-electron chi connectivity index (χ4n) is 4.59. The van der Waals surface area contributed by atoms with Gasteiger partial charge in [-0.3, -0.25) is 4.79 Å². The number of sulfonamides is 1. The molecule has 0 N–H and O–H groups in total. The zero-order valence-electron chi connectivity index (χ0n) is 17.6. The van der Waals surface area contributed by atoms with Crippen LogP contribution in [0.4, 0.5) is 0 Å². The van der Waals surface area contributed by atoms with E-state index in [4.69, 9.17) is 0 Å². The van der Waals surface area contributed by atoms with E-state index >= 15 is 0 Å². The van der Waals surface area contributed by atoms with E-state index in [2.05, 4.69) is 6.07 Å². The first kappa shape index (κ1) is 21.1. The highest BCUT2D eigenvalue weighted by atomic mass is 32.2. The molecule has 0 bridgehead atoms. The van der Waals surface area contributed by atoms with Crippen LogP contribution in [0, 0.1) is 6.92 Å². The van der Waals surface area contributed by atoms with Gasteiger partial charge in [0.2, 0.25) is 15.9 Å². The van der Waals surface area contributed by atoms with Crippen LogP contribution in [-0.4, -0.2) is 43.2 Å². The second kappa shape index (κ2) is 8.90. The Kier molecular flexibility index (Phi) is 6.25. The lowest BCUT2D eigenvalue weighted by molar-refractivity contribution is -0.132. The van der Waals surface area contributed by atoms with Crippen LogP contribution < -0.4 is 0 Å². The molecule has 30 heavy (non-hydrogen) atoms. The Balaban J connectivity index is 1.67. The summed E-state index contributed by atoms with van der Waals surface area (Å²) in [7, 11) is -3.69. The minimum atomic E-state index is -3.69. The summed E-state index contributed by atoms with van der Waals surface area (Å²) in [6, 6.07) is 14.5. The number of benzene rings is 2. The molecule has 0 aromatic heterocycles. The quantitative estimate of drug-likeness (QED) is 0.740. The third-order valence-corrected chi connectivity index (χ3v) is 8.24. The first-order valence-electron chi connectivity index (χ1n) is 10.9. The zero-order valence-corrected chi connectivity index (χ0v) is 18.4. The summed E-state index contributed by atoms with van der Waals surface area (Å²) in [6.45, 7) is 3.89. The van der Waals surface area contributed by atoms with Crippen molar-refractivity contribution in [2.45, 2.75) is 56.4 Å². The number of likely N-dealkylation sites (tertiary alicyclic amines) is 1. The van der Waals surface area contributed by atoms with Crippen molar-refractivity contribution in [2.24, 2.45) is 0 Å². The summed E-state index contributed by atoms with van der Waals surface area (Å²) >= 11 is 0. The van der Waals surface area contributed by atoms with Crippen LogP contribution >= 0.6 is 0 Å². The second-order valence-corrected chi connectivity index (χ2v) is 10.3. The van der Waals surface area contributed by atoms with E-state index in [0.29, 0.717) is 17.9 Å². The van der Waals surface area contributed by atoms with E-state index < -0.39 is 16.1 Å². The molecule has 5 nitrogen and oxygen atoms in total. The monoisotopic (exact) mass is 426 g/mol. The Labute approximate surface area is 179 Å². The topological polar surface area (TPSA) is 57.7 Å². The molecule has 1 atom stereocenters. The van der Waals surface area contributed by atoms with Crippen molar-refractivity contribution in [2.75, 3.05) is 19.6 Å². The van der Waals surface area contributed by atoms with Gasteiger partial charge in [-0.05, 0) is 49.4 Å². The standard InChI is InChI=1S/C24H30N2O3S/c1-19-10-12-21(13-11-19)30(28,29)26-17-14-20-8-4-5-9-22(20)23(26)18-24(27)25-15-6-2-3-7-16-25/h4-5,8-13,23H,2-3,6-7,14-18H2,1H3/t23-/m0/s1. The molecular weight excluding hydrogens is 396 g/mol. The van der Waals surface area contributed by atoms with Crippen molar-refractivity contribution >= 4 is 15.9 Å². The Morgan fingerprint density at radius 1 is 0.933 bits per heavy atom. The molecule has 0 radical (unpaired) electrons. The first-order chi connectivity index (χ1) is 14.5. The number of fused-ring (bicyclic) bond motifs is 1. The van der Waals surface area contributed by atoms with Crippen molar-refractivity contribution in [3.63, 3.8) is 0 Å². The van der Waals surface area contributed by atoms with Crippen molar-refractivity contribution in [3.8, 4) is 0 Å². The van der Waals surface area contributed by atoms with Crippen LogP contribution in [0.25, 0.3) is 0 Å². The van der Waals surface area contributed by atoms with E-state index in [1.165, 1.54) is 0 Å². The second-order valence-electron chi connectivity index (χ2n) is 8.39. The normalized spacial score (nSPS) is 20.4. The summed E-state index contributed by atoms with van der Waals surface area (Å²) in [5.41, 5.74) is 3.12. The highest BCUT2D eigenvalue weighted by molar-refractivity contribution is 7.89. The molecule has 1 fully saturated rings. The molecule has 4 rings (SSSR count). The fraction of sp³-hybridized carbons (Fsp3) is 0.458. The molecule has 0 spiro atoms. The average molecular weight is 427 g/mol. The van der Waals surface area contributed by atoms with Gasteiger partial charge < -0.3 is 4.90 Å². The van der Waals surface area contributed by atoms with Gasteiger partial charge in [-0.2, -0.15) is 4.31 Å². The van der Waals surface area contributed by atoms with E-state index in [-0.39, 0.29) is 12.3 Å². The minimum absolute atomic E-state index is 0.0581. The highest BCUT2D eigenvalue weighted by Gasteiger charge is 2.38. The van der Waals surface area contributed by atoms with Crippen LogP contribution in [0.15, 0.2) is 53.4 Å².